The Hall–Kier alpha value is -0.870. The van der Waals surface area contributed by atoms with Gasteiger partial charge in [-0.1, -0.05) is 0 Å². The summed E-state index contributed by atoms with van der Waals surface area (Å²) in [7, 11) is 1.92. The molecule has 1 N–H and O–H groups in total. The Bertz CT molecular complexity index is 429. The lowest BCUT2D eigenvalue weighted by molar-refractivity contribution is -0.129. The van der Waals surface area contributed by atoms with Crippen LogP contribution in [0, 0.1) is 0 Å². The molecule has 4 heteroatoms. The third kappa shape index (κ3) is 2.59. The second-order valence-electron chi connectivity index (χ2n) is 5.35. The summed E-state index contributed by atoms with van der Waals surface area (Å²) in [4.78, 5) is 16.7. The van der Waals surface area contributed by atoms with Crippen molar-refractivity contribution in [2.24, 2.45) is 0 Å². The van der Waals surface area contributed by atoms with Gasteiger partial charge in [0.05, 0.1) is 6.54 Å². The summed E-state index contributed by atoms with van der Waals surface area (Å²) in [6.07, 6.45) is 6.18. The molecule has 0 aliphatic heterocycles. The molecule has 1 amide bonds. The van der Waals surface area contributed by atoms with E-state index in [1.54, 1.807) is 10.4 Å². The molecular weight excluding hydrogens is 244 g/mol. The van der Waals surface area contributed by atoms with Crippen LogP contribution in [-0.2, 0) is 24.2 Å². The van der Waals surface area contributed by atoms with Crippen LogP contribution in [0.15, 0.2) is 6.07 Å². The number of hydrogen-bond acceptors (Lipinski definition) is 3. The average molecular weight is 264 g/mol. The van der Waals surface area contributed by atoms with E-state index in [0.717, 1.165) is 6.54 Å². The van der Waals surface area contributed by atoms with Gasteiger partial charge in [0.15, 0.2) is 0 Å². The standard InChI is InChI=1S/C14H20N2OS/c1-16(11-5-6-11)14(17)9-15-8-12-7-10-3-2-4-13(10)18-12/h7,11,15H,2-6,8-9H2,1H3. The highest BCUT2D eigenvalue weighted by molar-refractivity contribution is 7.12. The average Bonchev–Trinajstić information content (AvgIpc) is 2.99. The van der Waals surface area contributed by atoms with Crippen molar-refractivity contribution in [2.45, 2.75) is 44.7 Å². The highest BCUT2D eigenvalue weighted by Gasteiger charge is 2.29. The van der Waals surface area contributed by atoms with E-state index >= 15 is 0 Å². The normalized spacial score (nSPS) is 17.8. The van der Waals surface area contributed by atoms with Gasteiger partial charge in [-0.05, 0) is 43.7 Å². The van der Waals surface area contributed by atoms with Crippen LogP contribution in [-0.4, -0.2) is 30.4 Å². The monoisotopic (exact) mass is 264 g/mol. The molecule has 18 heavy (non-hydrogen) atoms. The Kier molecular flexibility index (Phi) is 3.39. The Morgan fingerprint density at radius 3 is 3.06 bits per heavy atom. The number of nitrogens with one attached hydrogen (secondary N) is 1. The van der Waals surface area contributed by atoms with Crippen molar-refractivity contribution in [3.8, 4) is 0 Å². The minimum Gasteiger partial charge on any atom is -0.342 e. The fourth-order valence-corrected chi connectivity index (χ4v) is 3.79. The maximum Gasteiger partial charge on any atom is 0.236 e. The van der Waals surface area contributed by atoms with Crippen LogP contribution in [0.1, 0.15) is 34.6 Å². The van der Waals surface area contributed by atoms with Gasteiger partial charge in [0.1, 0.15) is 0 Å². The zero-order chi connectivity index (χ0) is 12.5. The molecule has 0 unspecified atom stereocenters. The first kappa shape index (κ1) is 12.2. The number of likely N-dealkylation sites (N-methyl/N-ethyl adjacent to an activating group) is 1. The number of amides is 1. The predicted octanol–water partition coefficient (Wildman–Crippen LogP) is 1.95. The minimum atomic E-state index is 0.224. The van der Waals surface area contributed by atoms with E-state index in [1.165, 1.54) is 37.0 Å². The van der Waals surface area contributed by atoms with Gasteiger partial charge in [-0.25, -0.2) is 0 Å². The van der Waals surface area contributed by atoms with Gasteiger partial charge in [0, 0.05) is 29.4 Å². The largest absolute Gasteiger partial charge is 0.342 e. The first-order valence-corrected chi connectivity index (χ1v) is 7.62. The molecule has 0 atom stereocenters. The van der Waals surface area contributed by atoms with Gasteiger partial charge in [-0.2, -0.15) is 0 Å². The lowest BCUT2D eigenvalue weighted by Gasteiger charge is -2.16. The molecular formula is C14H20N2OS. The first-order valence-electron chi connectivity index (χ1n) is 6.81. The van der Waals surface area contributed by atoms with E-state index < -0.39 is 0 Å². The third-order valence-corrected chi connectivity index (χ3v) is 5.10. The Balaban J connectivity index is 1.44. The van der Waals surface area contributed by atoms with Gasteiger partial charge in [0.25, 0.3) is 0 Å². The van der Waals surface area contributed by atoms with Crippen LogP contribution < -0.4 is 5.32 Å². The summed E-state index contributed by atoms with van der Waals surface area (Å²) >= 11 is 1.91. The Labute approximate surface area is 112 Å². The van der Waals surface area contributed by atoms with E-state index in [2.05, 4.69) is 11.4 Å². The fraction of sp³-hybridized carbons (Fsp3) is 0.643. The highest BCUT2D eigenvalue weighted by Crippen LogP contribution is 2.30. The lowest BCUT2D eigenvalue weighted by atomic mass is 10.2. The van der Waals surface area contributed by atoms with Crippen LogP contribution in [0.25, 0.3) is 0 Å². The van der Waals surface area contributed by atoms with Gasteiger partial charge in [0.2, 0.25) is 5.91 Å². The topological polar surface area (TPSA) is 32.3 Å². The molecule has 3 rings (SSSR count). The van der Waals surface area contributed by atoms with Gasteiger partial charge in [-0.3, -0.25) is 4.79 Å². The number of rotatable bonds is 5. The van der Waals surface area contributed by atoms with Crippen LogP contribution in [0.3, 0.4) is 0 Å². The van der Waals surface area contributed by atoms with Crippen LogP contribution in [0.5, 0.6) is 0 Å². The van der Waals surface area contributed by atoms with Gasteiger partial charge in [-0.15, -0.1) is 11.3 Å². The molecule has 1 fully saturated rings. The van der Waals surface area contributed by atoms with Crippen LogP contribution in [0.2, 0.25) is 0 Å². The lowest BCUT2D eigenvalue weighted by Crippen LogP contribution is -2.36. The zero-order valence-electron chi connectivity index (χ0n) is 10.9. The van der Waals surface area contributed by atoms with E-state index in [9.17, 15) is 4.79 Å². The van der Waals surface area contributed by atoms with Crippen molar-refractivity contribution in [1.29, 1.82) is 0 Å². The third-order valence-electron chi connectivity index (χ3n) is 3.86. The van der Waals surface area contributed by atoms with Crippen molar-refractivity contribution in [2.75, 3.05) is 13.6 Å². The van der Waals surface area contributed by atoms with E-state index in [1.807, 2.05) is 23.3 Å². The maximum atomic E-state index is 11.8. The first-order chi connectivity index (χ1) is 8.74. The second kappa shape index (κ2) is 5.02. The summed E-state index contributed by atoms with van der Waals surface area (Å²) in [5.74, 6) is 0.224. The minimum absolute atomic E-state index is 0.224. The van der Waals surface area contributed by atoms with E-state index in [0.29, 0.717) is 12.6 Å². The molecule has 2 aliphatic rings. The van der Waals surface area contributed by atoms with Crippen molar-refractivity contribution < 1.29 is 4.79 Å². The summed E-state index contributed by atoms with van der Waals surface area (Å²) in [6.45, 7) is 1.30. The number of aryl methyl sites for hydroxylation is 2. The second-order valence-corrected chi connectivity index (χ2v) is 6.58. The number of fused-ring (bicyclic) bond motifs is 1. The molecule has 0 radical (unpaired) electrons. The smallest absolute Gasteiger partial charge is 0.236 e. The quantitative estimate of drug-likeness (QED) is 0.881. The molecule has 0 bridgehead atoms. The molecule has 1 aromatic heterocycles. The molecule has 1 heterocycles. The highest BCUT2D eigenvalue weighted by atomic mass is 32.1. The molecule has 0 saturated heterocycles. The van der Waals surface area contributed by atoms with Crippen molar-refractivity contribution >= 4 is 17.2 Å². The molecule has 98 valence electrons. The number of nitrogens with zero attached hydrogens (tertiary/aromatic N) is 1. The predicted molar refractivity (Wildman–Crippen MR) is 73.8 cm³/mol. The summed E-state index contributed by atoms with van der Waals surface area (Å²) in [5.41, 5.74) is 1.54. The molecule has 1 aromatic rings. The Morgan fingerprint density at radius 2 is 2.33 bits per heavy atom. The number of thiophene rings is 1. The fourth-order valence-electron chi connectivity index (χ4n) is 2.56. The number of carbonyl (C=O) groups is 1. The molecule has 2 aliphatic carbocycles. The summed E-state index contributed by atoms with van der Waals surface area (Å²) < 4.78 is 0. The van der Waals surface area contributed by atoms with Crippen molar-refractivity contribution in [3.63, 3.8) is 0 Å². The molecule has 3 nitrogen and oxygen atoms in total. The van der Waals surface area contributed by atoms with Crippen molar-refractivity contribution in [3.05, 3.63) is 21.4 Å². The van der Waals surface area contributed by atoms with E-state index in [4.69, 9.17) is 0 Å². The van der Waals surface area contributed by atoms with Crippen LogP contribution >= 0.6 is 11.3 Å². The van der Waals surface area contributed by atoms with Gasteiger partial charge >= 0.3 is 0 Å². The molecule has 1 saturated carbocycles. The number of hydrogen-bond donors (Lipinski definition) is 1. The summed E-state index contributed by atoms with van der Waals surface area (Å²) in [6, 6.07) is 2.83. The summed E-state index contributed by atoms with van der Waals surface area (Å²) in [5, 5.41) is 3.27. The molecule has 0 spiro atoms. The Morgan fingerprint density at radius 1 is 1.50 bits per heavy atom. The SMILES string of the molecule is CN(C(=O)CNCc1cc2c(s1)CCC2)C1CC1. The van der Waals surface area contributed by atoms with E-state index in [-0.39, 0.29) is 5.91 Å². The maximum absolute atomic E-state index is 11.8. The van der Waals surface area contributed by atoms with Gasteiger partial charge < -0.3 is 10.2 Å². The van der Waals surface area contributed by atoms with Crippen LogP contribution in [0.4, 0.5) is 0 Å². The van der Waals surface area contributed by atoms with Crippen molar-refractivity contribution in [1.82, 2.24) is 10.2 Å². The molecule has 0 aromatic carbocycles. The number of carbonyl (C=O) groups excluding carboxylic acids is 1. The zero-order valence-corrected chi connectivity index (χ0v) is 11.7.